The highest BCUT2D eigenvalue weighted by Gasteiger charge is 2.32. The first-order valence-electron chi connectivity index (χ1n) is 6.81. The van der Waals surface area contributed by atoms with E-state index in [4.69, 9.17) is 4.74 Å². The molecule has 1 aliphatic rings. The van der Waals surface area contributed by atoms with Crippen molar-refractivity contribution < 1.29 is 23.1 Å². The molecule has 1 saturated heterocycles. The Bertz CT molecular complexity index is 440. The van der Waals surface area contributed by atoms with Crippen LogP contribution < -0.4 is 0 Å². The standard InChI is InChI=1S/C13H25NO5S/c1-13(2,3)19-12(16)14-7-5-11(15)10(9-14)6-8-20(4,17)18/h10-11,15H,5-9H2,1-4H3. The summed E-state index contributed by atoms with van der Waals surface area (Å²) in [5.74, 6) is -0.192. The molecular formula is C13H25NO5S. The molecule has 1 amide bonds. The lowest BCUT2D eigenvalue weighted by molar-refractivity contribution is -0.00879. The van der Waals surface area contributed by atoms with Crippen LogP contribution in [-0.2, 0) is 14.6 Å². The lowest BCUT2D eigenvalue weighted by Crippen LogP contribution is -2.48. The van der Waals surface area contributed by atoms with Crippen LogP contribution in [0.4, 0.5) is 4.79 Å². The van der Waals surface area contributed by atoms with Gasteiger partial charge in [0.05, 0.1) is 11.9 Å². The number of hydrogen-bond donors (Lipinski definition) is 1. The smallest absolute Gasteiger partial charge is 0.410 e. The van der Waals surface area contributed by atoms with Crippen molar-refractivity contribution in [3.05, 3.63) is 0 Å². The molecule has 1 heterocycles. The number of carbonyl (C=O) groups excluding carboxylic acids is 1. The van der Waals surface area contributed by atoms with Crippen molar-refractivity contribution in [2.45, 2.75) is 45.3 Å². The van der Waals surface area contributed by atoms with Crippen molar-refractivity contribution in [2.75, 3.05) is 25.1 Å². The molecule has 7 heteroatoms. The summed E-state index contributed by atoms with van der Waals surface area (Å²) >= 11 is 0. The van der Waals surface area contributed by atoms with Gasteiger partial charge in [-0.3, -0.25) is 0 Å². The second-order valence-corrected chi connectivity index (χ2v) is 8.72. The molecule has 0 aliphatic carbocycles. The van der Waals surface area contributed by atoms with E-state index in [0.717, 1.165) is 0 Å². The molecule has 0 aromatic rings. The first-order valence-corrected chi connectivity index (χ1v) is 8.88. The number of carbonyl (C=O) groups is 1. The highest BCUT2D eigenvalue weighted by molar-refractivity contribution is 7.90. The number of nitrogens with zero attached hydrogens (tertiary/aromatic N) is 1. The number of likely N-dealkylation sites (tertiary alicyclic amines) is 1. The van der Waals surface area contributed by atoms with Crippen molar-refractivity contribution in [3.8, 4) is 0 Å². The summed E-state index contributed by atoms with van der Waals surface area (Å²) in [4.78, 5) is 13.5. The predicted molar refractivity (Wildman–Crippen MR) is 76.2 cm³/mol. The zero-order valence-corrected chi connectivity index (χ0v) is 13.4. The summed E-state index contributed by atoms with van der Waals surface area (Å²) in [5, 5.41) is 9.92. The fourth-order valence-electron chi connectivity index (χ4n) is 2.16. The van der Waals surface area contributed by atoms with Crippen molar-refractivity contribution in [1.29, 1.82) is 0 Å². The Labute approximate surface area is 121 Å². The van der Waals surface area contributed by atoms with Crippen LogP contribution in [0.25, 0.3) is 0 Å². The maximum atomic E-state index is 12.0. The van der Waals surface area contributed by atoms with Crippen molar-refractivity contribution in [3.63, 3.8) is 0 Å². The van der Waals surface area contributed by atoms with Crippen molar-refractivity contribution in [2.24, 2.45) is 5.92 Å². The van der Waals surface area contributed by atoms with Gasteiger partial charge in [0.2, 0.25) is 0 Å². The topological polar surface area (TPSA) is 83.9 Å². The number of hydrogen-bond acceptors (Lipinski definition) is 5. The molecule has 0 aromatic heterocycles. The van der Waals surface area contributed by atoms with Gasteiger partial charge in [-0.2, -0.15) is 0 Å². The van der Waals surface area contributed by atoms with Gasteiger partial charge in [0.1, 0.15) is 15.4 Å². The van der Waals surface area contributed by atoms with Crippen LogP contribution in [0, 0.1) is 5.92 Å². The number of aliphatic hydroxyl groups is 1. The van der Waals surface area contributed by atoms with Crippen molar-refractivity contribution in [1.82, 2.24) is 4.90 Å². The molecular weight excluding hydrogens is 282 g/mol. The monoisotopic (exact) mass is 307 g/mol. The first kappa shape index (κ1) is 17.2. The third-order valence-corrected chi connectivity index (χ3v) is 4.18. The van der Waals surface area contributed by atoms with E-state index in [2.05, 4.69) is 0 Å². The second kappa shape index (κ2) is 6.30. The van der Waals surface area contributed by atoms with Gasteiger partial charge in [-0.05, 0) is 33.6 Å². The van der Waals surface area contributed by atoms with Gasteiger partial charge in [-0.1, -0.05) is 0 Å². The number of piperidine rings is 1. The van der Waals surface area contributed by atoms with E-state index in [-0.39, 0.29) is 11.7 Å². The molecule has 2 unspecified atom stereocenters. The molecule has 6 nitrogen and oxygen atoms in total. The Hall–Kier alpha value is -0.820. The minimum Gasteiger partial charge on any atom is -0.444 e. The molecule has 1 aliphatic heterocycles. The van der Waals surface area contributed by atoms with Crippen LogP contribution in [0.15, 0.2) is 0 Å². The number of rotatable bonds is 3. The summed E-state index contributed by atoms with van der Waals surface area (Å²) in [6.07, 6.45) is 1.02. The molecule has 1 N–H and O–H groups in total. The summed E-state index contributed by atoms with van der Waals surface area (Å²) in [6, 6.07) is 0. The van der Waals surface area contributed by atoms with E-state index in [9.17, 15) is 18.3 Å². The molecule has 118 valence electrons. The molecule has 2 atom stereocenters. The lowest BCUT2D eigenvalue weighted by atomic mass is 9.93. The Morgan fingerprint density at radius 3 is 2.50 bits per heavy atom. The maximum absolute atomic E-state index is 12.0. The van der Waals surface area contributed by atoms with Gasteiger partial charge in [-0.25, -0.2) is 13.2 Å². The quantitative estimate of drug-likeness (QED) is 0.842. The van der Waals surface area contributed by atoms with Crippen LogP contribution in [-0.4, -0.2) is 61.3 Å². The Balaban J connectivity index is 2.59. The van der Waals surface area contributed by atoms with Crippen LogP contribution in [0.3, 0.4) is 0 Å². The molecule has 0 bridgehead atoms. The minimum absolute atomic E-state index is 0.0247. The number of amides is 1. The van der Waals surface area contributed by atoms with Gasteiger partial charge >= 0.3 is 6.09 Å². The normalized spacial score (nSPS) is 24.6. The van der Waals surface area contributed by atoms with E-state index < -0.39 is 27.6 Å². The van der Waals surface area contributed by atoms with E-state index in [1.807, 2.05) is 0 Å². The first-order chi connectivity index (χ1) is 8.98. The zero-order chi connectivity index (χ0) is 15.6. The molecule has 1 fully saturated rings. The molecule has 0 spiro atoms. The third kappa shape index (κ3) is 6.09. The maximum Gasteiger partial charge on any atom is 0.410 e. The number of sulfone groups is 1. The number of ether oxygens (including phenoxy) is 1. The minimum atomic E-state index is -3.06. The summed E-state index contributed by atoms with van der Waals surface area (Å²) in [6.45, 7) is 6.16. The Morgan fingerprint density at radius 1 is 1.40 bits per heavy atom. The predicted octanol–water partition coefficient (Wildman–Crippen LogP) is 1.04. The van der Waals surface area contributed by atoms with Gasteiger partial charge in [0.15, 0.2) is 0 Å². The van der Waals surface area contributed by atoms with Gasteiger partial charge in [-0.15, -0.1) is 0 Å². The van der Waals surface area contributed by atoms with E-state index >= 15 is 0 Å². The average molecular weight is 307 g/mol. The molecule has 0 radical (unpaired) electrons. The highest BCUT2D eigenvalue weighted by Crippen LogP contribution is 2.22. The number of aliphatic hydroxyl groups excluding tert-OH is 1. The van der Waals surface area contributed by atoms with Crippen LogP contribution >= 0.6 is 0 Å². The van der Waals surface area contributed by atoms with Crippen LogP contribution in [0.2, 0.25) is 0 Å². The second-order valence-electron chi connectivity index (χ2n) is 6.46. The summed E-state index contributed by atoms with van der Waals surface area (Å²) in [7, 11) is -3.06. The van der Waals surface area contributed by atoms with Crippen molar-refractivity contribution >= 4 is 15.9 Å². The average Bonchev–Trinajstić information content (AvgIpc) is 2.24. The van der Waals surface area contributed by atoms with Gasteiger partial charge in [0.25, 0.3) is 0 Å². The van der Waals surface area contributed by atoms with Gasteiger partial charge < -0.3 is 14.7 Å². The van der Waals surface area contributed by atoms with Gasteiger partial charge in [0, 0.05) is 25.3 Å². The Kier molecular flexibility index (Phi) is 5.43. The zero-order valence-electron chi connectivity index (χ0n) is 12.6. The van der Waals surface area contributed by atoms with Crippen LogP contribution in [0.5, 0.6) is 0 Å². The Morgan fingerprint density at radius 2 is 2.00 bits per heavy atom. The molecule has 0 saturated carbocycles. The van der Waals surface area contributed by atoms with E-state index in [0.29, 0.717) is 25.9 Å². The summed E-state index contributed by atoms with van der Waals surface area (Å²) in [5.41, 5.74) is -0.560. The third-order valence-electron chi connectivity index (χ3n) is 3.20. The fourth-order valence-corrected chi connectivity index (χ4v) is 2.89. The van der Waals surface area contributed by atoms with E-state index in [1.54, 1.807) is 25.7 Å². The largest absolute Gasteiger partial charge is 0.444 e. The summed E-state index contributed by atoms with van der Waals surface area (Å²) < 4.78 is 27.7. The van der Waals surface area contributed by atoms with Crippen LogP contribution in [0.1, 0.15) is 33.6 Å². The fraction of sp³-hybridized carbons (Fsp3) is 0.923. The SMILES string of the molecule is CC(C)(C)OC(=O)N1CCC(O)C(CCS(C)(=O)=O)C1. The lowest BCUT2D eigenvalue weighted by Gasteiger charge is -2.36. The molecule has 1 rings (SSSR count). The highest BCUT2D eigenvalue weighted by atomic mass is 32.2. The van der Waals surface area contributed by atoms with E-state index in [1.165, 1.54) is 6.26 Å². The molecule has 0 aromatic carbocycles. The molecule has 20 heavy (non-hydrogen) atoms.